The van der Waals surface area contributed by atoms with Crippen LogP contribution in [0.3, 0.4) is 0 Å². The Morgan fingerprint density at radius 1 is 1.22 bits per heavy atom. The number of nitrogens with one attached hydrogen (secondary N) is 1. The molecule has 1 saturated heterocycles. The molecule has 0 radical (unpaired) electrons. The minimum atomic E-state index is -2.25. The number of nitrogens with zero attached hydrogens (tertiary/aromatic N) is 5. The van der Waals surface area contributed by atoms with Crippen molar-refractivity contribution in [2.75, 3.05) is 38.6 Å². The number of amides is 1. The molecule has 2 unspecified atom stereocenters. The smallest absolute Gasteiger partial charge is 0.407 e. The van der Waals surface area contributed by atoms with Crippen LogP contribution in [0.2, 0.25) is 23.2 Å². The second-order valence-corrected chi connectivity index (χ2v) is 20.1. The number of rotatable bonds is 12. The summed E-state index contributed by atoms with van der Waals surface area (Å²) in [5.41, 5.74) is 3.34. The van der Waals surface area contributed by atoms with E-state index in [1.54, 1.807) is 18.2 Å². The summed E-state index contributed by atoms with van der Waals surface area (Å²) in [7, 11) is -0.737. The van der Waals surface area contributed by atoms with Crippen molar-refractivity contribution in [1.82, 2.24) is 24.9 Å². The highest BCUT2D eigenvalue weighted by molar-refractivity contribution is 6.74. The Morgan fingerprint density at radius 3 is 2.53 bits per heavy atom. The van der Waals surface area contributed by atoms with Crippen LogP contribution in [-0.2, 0) is 4.43 Å². The maximum atomic E-state index is 15.5. The van der Waals surface area contributed by atoms with E-state index in [4.69, 9.17) is 35.3 Å². The number of aromatic nitrogens is 3. The van der Waals surface area contributed by atoms with Crippen molar-refractivity contribution < 1.29 is 28.0 Å². The fourth-order valence-electron chi connectivity index (χ4n) is 5.94. The number of anilines is 1. The first-order valence-electron chi connectivity index (χ1n) is 17.0. The van der Waals surface area contributed by atoms with Crippen molar-refractivity contribution in [3.8, 4) is 28.4 Å². The lowest BCUT2D eigenvalue weighted by molar-refractivity contribution is 0.0794. The van der Waals surface area contributed by atoms with Gasteiger partial charge in [-0.2, -0.15) is 0 Å². The lowest BCUT2D eigenvalue weighted by Gasteiger charge is -2.39. The van der Waals surface area contributed by atoms with Gasteiger partial charge in [-0.15, -0.1) is 0 Å². The number of likely N-dealkylation sites (tertiary alicyclic amines) is 1. The van der Waals surface area contributed by atoms with Crippen LogP contribution in [0.15, 0.2) is 22.7 Å². The Kier molecular flexibility index (Phi) is 11.0. The number of piperidine rings is 1. The van der Waals surface area contributed by atoms with E-state index in [9.17, 15) is 9.90 Å². The molecule has 14 heteroatoms. The van der Waals surface area contributed by atoms with Crippen LogP contribution in [-0.4, -0.2) is 102 Å². The van der Waals surface area contributed by atoms with Crippen LogP contribution in [0.4, 0.5) is 15.0 Å². The van der Waals surface area contributed by atoms with Gasteiger partial charge >= 0.3 is 6.09 Å². The van der Waals surface area contributed by atoms with Gasteiger partial charge in [0.15, 0.2) is 14.1 Å². The fourth-order valence-corrected chi connectivity index (χ4v) is 7.47. The van der Waals surface area contributed by atoms with Gasteiger partial charge in [-0.25, -0.2) is 19.2 Å². The summed E-state index contributed by atoms with van der Waals surface area (Å²) in [6, 6.07) is 5.35. The van der Waals surface area contributed by atoms with E-state index in [0.717, 1.165) is 30.5 Å². The third-order valence-electron chi connectivity index (χ3n) is 10.1. The van der Waals surface area contributed by atoms with Gasteiger partial charge in [0.2, 0.25) is 0 Å². The molecule has 3 aromatic rings. The summed E-state index contributed by atoms with van der Waals surface area (Å²) < 4.78 is 33.9. The number of carbonyl (C=O) groups is 1. The molecule has 49 heavy (non-hydrogen) atoms. The molecule has 1 aliphatic carbocycles. The normalized spacial score (nSPS) is 19.5. The monoisotopic (exact) mass is 716 g/mol. The number of halogens is 2. The molecular weight excluding hydrogens is 667 g/mol. The zero-order valence-electron chi connectivity index (χ0n) is 30.1. The Balaban J connectivity index is 1.46. The number of alkyl halides is 1. The zero-order valence-corrected chi connectivity index (χ0v) is 31.8. The number of likely N-dealkylation sites (N-methyl/N-ethyl adjacent to an activating group) is 1. The average Bonchev–Trinajstić information content (AvgIpc) is 3.82. The molecule has 1 saturated carbocycles. The molecule has 5 rings (SSSR count). The second-order valence-electron chi connectivity index (χ2n) is 15.0. The number of carboxylic acid groups (broad SMARTS) is 1. The van der Waals surface area contributed by atoms with Crippen molar-refractivity contribution in [2.24, 2.45) is 0 Å². The van der Waals surface area contributed by atoms with Crippen LogP contribution in [0.5, 0.6) is 5.75 Å². The van der Waals surface area contributed by atoms with Gasteiger partial charge in [0.05, 0.1) is 40.7 Å². The molecule has 1 aromatic carbocycles. The van der Waals surface area contributed by atoms with Crippen molar-refractivity contribution in [3.63, 3.8) is 0 Å². The Labute approximate surface area is 294 Å². The molecule has 0 bridgehead atoms. The predicted molar refractivity (Wildman–Crippen MR) is 192 cm³/mol. The molecule has 11 nitrogen and oxygen atoms in total. The molecule has 2 aromatic heterocycles. The molecule has 3 heterocycles. The number of benzene rings is 1. The molecule has 2 N–H and O–H groups in total. The molecule has 268 valence electrons. The minimum absolute atomic E-state index is 0.0790. The highest BCUT2D eigenvalue weighted by Gasteiger charge is 2.40. The number of hydrogen-bond donors (Lipinski definition) is 2. The highest BCUT2D eigenvalue weighted by atomic mass is 35.5. The molecule has 1 aliphatic heterocycles. The van der Waals surface area contributed by atoms with Gasteiger partial charge < -0.3 is 29.0 Å². The largest absolute Gasteiger partial charge is 0.491 e. The molecule has 0 spiro atoms. The van der Waals surface area contributed by atoms with Crippen LogP contribution in [0, 0.1) is 20.8 Å². The van der Waals surface area contributed by atoms with E-state index in [0.29, 0.717) is 64.1 Å². The summed E-state index contributed by atoms with van der Waals surface area (Å²) in [6.45, 7) is 17.8. The fraction of sp³-hybridized carbons (Fsp3) is 0.600. The number of aryl methyl sites for hydroxylation is 2. The lowest BCUT2D eigenvalue weighted by Crippen LogP contribution is -2.49. The number of hydrogen-bond acceptors (Lipinski definition) is 9. The van der Waals surface area contributed by atoms with E-state index in [1.165, 1.54) is 11.9 Å². The van der Waals surface area contributed by atoms with Gasteiger partial charge in [-0.3, -0.25) is 4.90 Å². The Morgan fingerprint density at radius 2 is 1.94 bits per heavy atom. The third-order valence-corrected chi connectivity index (χ3v) is 14.9. The van der Waals surface area contributed by atoms with Crippen LogP contribution in [0.1, 0.15) is 57.1 Å². The molecule has 3 atom stereocenters. The first-order valence-corrected chi connectivity index (χ1v) is 20.2. The second kappa shape index (κ2) is 14.5. The lowest BCUT2D eigenvalue weighted by atomic mass is 10.0. The van der Waals surface area contributed by atoms with Gasteiger partial charge in [0.1, 0.15) is 30.1 Å². The van der Waals surface area contributed by atoms with Crippen molar-refractivity contribution in [3.05, 3.63) is 40.2 Å². The summed E-state index contributed by atoms with van der Waals surface area (Å²) in [5, 5.41) is 17.5. The van der Waals surface area contributed by atoms with Gasteiger partial charge in [0, 0.05) is 37.3 Å². The van der Waals surface area contributed by atoms with E-state index >= 15 is 4.39 Å². The highest BCUT2D eigenvalue weighted by Crippen LogP contribution is 2.39. The summed E-state index contributed by atoms with van der Waals surface area (Å²) in [6.07, 6.45) is 0.368. The van der Waals surface area contributed by atoms with Crippen LogP contribution < -0.4 is 10.1 Å². The third kappa shape index (κ3) is 8.55. The predicted octanol–water partition coefficient (Wildman–Crippen LogP) is 7.74. The molecule has 2 fully saturated rings. The van der Waals surface area contributed by atoms with Crippen LogP contribution >= 0.6 is 11.6 Å². The maximum absolute atomic E-state index is 15.5. The van der Waals surface area contributed by atoms with E-state index in [-0.39, 0.29) is 18.2 Å². The SMILES string of the molecule is Cc1noc(C)c1-c1nc(-c2cc(OC[C@@H](CN(C)C(=O)O)O[Si](C)(C)C(C)(C)C)ccc2Cl)nc(NC2CCN(C3CC3)CC2F)c1C. The zero-order chi connectivity index (χ0) is 35.8. The first-order chi connectivity index (χ1) is 22.9. The van der Waals surface area contributed by atoms with Gasteiger partial charge in [0.25, 0.3) is 0 Å². The molecule has 1 amide bonds. The maximum Gasteiger partial charge on any atom is 0.407 e. The number of ether oxygens (including phenoxy) is 1. The summed E-state index contributed by atoms with van der Waals surface area (Å²) in [4.78, 5) is 25.0. The van der Waals surface area contributed by atoms with E-state index < -0.39 is 32.7 Å². The Hall–Kier alpha value is -3.26. The van der Waals surface area contributed by atoms with Crippen molar-refractivity contribution >= 4 is 31.8 Å². The summed E-state index contributed by atoms with van der Waals surface area (Å²) in [5.74, 6) is 1.97. The standard InChI is InChI=1S/C35H50ClFN6O5Si/c1-20-31(30-21(2)41-47-22(30)3)39-33(40-32(20)38-29-14-15-43(18-28(29)37)23-10-11-23)26-16-24(12-13-27(26)36)46-19-25(17-42(7)34(44)45)48-49(8,9)35(4,5)6/h12-13,16,23,25,28-29H,10-11,14-15,17-19H2,1-9H3,(H,44,45)(H,38,39,40)/t25-,28?,29?/m1/s1. The minimum Gasteiger partial charge on any atom is -0.491 e. The quantitative estimate of drug-likeness (QED) is 0.180. The first kappa shape index (κ1) is 37.0. The molecule has 2 aliphatic rings. The summed E-state index contributed by atoms with van der Waals surface area (Å²) >= 11 is 6.79. The Bertz CT molecular complexity index is 1640. The average molecular weight is 717 g/mol. The van der Waals surface area contributed by atoms with Gasteiger partial charge in [-0.05, 0) is 76.4 Å². The molecular formula is C35H50ClFN6O5Si. The van der Waals surface area contributed by atoms with Crippen LogP contribution in [0.25, 0.3) is 22.6 Å². The van der Waals surface area contributed by atoms with E-state index in [1.807, 2.05) is 20.8 Å². The van der Waals surface area contributed by atoms with E-state index in [2.05, 4.69) is 49.2 Å². The van der Waals surface area contributed by atoms with Gasteiger partial charge in [-0.1, -0.05) is 37.5 Å². The van der Waals surface area contributed by atoms with Crippen molar-refractivity contribution in [1.29, 1.82) is 0 Å². The van der Waals surface area contributed by atoms with Crippen molar-refractivity contribution in [2.45, 2.75) is 103 Å². The topological polar surface area (TPSA) is 126 Å².